The predicted molar refractivity (Wildman–Crippen MR) is 135 cm³/mol. The van der Waals surface area contributed by atoms with E-state index in [-0.39, 0.29) is 4.90 Å². The van der Waals surface area contributed by atoms with E-state index in [4.69, 9.17) is 9.47 Å². The number of rotatable bonds is 8. The van der Waals surface area contributed by atoms with Crippen LogP contribution < -0.4 is 24.4 Å². The molecule has 1 aliphatic rings. The minimum Gasteiger partial charge on any atom is -0.492 e. The van der Waals surface area contributed by atoms with Crippen LogP contribution in [-0.2, 0) is 16.6 Å². The number of benzene rings is 3. The lowest BCUT2D eigenvalue weighted by Gasteiger charge is -2.38. The number of sulfonamides is 1. The zero-order valence-corrected chi connectivity index (χ0v) is 20.5. The van der Waals surface area contributed by atoms with Crippen molar-refractivity contribution in [2.24, 2.45) is 0 Å². The number of nitrogens with one attached hydrogen (secondary N) is 2. The number of hydrogen-bond donors (Lipinski definition) is 2. The molecule has 3 aromatic rings. The molecule has 1 aliphatic heterocycles. The van der Waals surface area contributed by atoms with Gasteiger partial charge in [0.25, 0.3) is 10.0 Å². The molecule has 2 atom stereocenters. The minimum atomic E-state index is -3.82. The molecule has 8 heteroatoms. The van der Waals surface area contributed by atoms with Gasteiger partial charge in [0.1, 0.15) is 12.4 Å². The highest BCUT2D eigenvalue weighted by Crippen LogP contribution is 2.37. The third-order valence-electron chi connectivity index (χ3n) is 5.72. The second-order valence-corrected chi connectivity index (χ2v) is 10.3. The molecule has 4 rings (SSSR count). The molecule has 7 nitrogen and oxygen atoms in total. The molecule has 0 aromatic heterocycles. The molecule has 0 amide bonds. The fourth-order valence-corrected chi connectivity index (χ4v) is 5.31. The van der Waals surface area contributed by atoms with Crippen molar-refractivity contribution in [1.29, 1.82) is 0 Å². The van der Waals surface area contributed by atoms with Crippen molar-refractivity contribution in [1.82, 2.24) is 5.32 Å². The molecule has 34 heavy (non-hydrogen) atoms. The first-order chi connectivity index (χ1) is 16.4. The SMILES string of the molecule is COc1c(NS(=O)(=O)c2ccc(OCc3ccccc3)cc2)cccc1N1CC(C)NC(C)C1. The van der Waals surface area contributed by atoms with E-state index in [0.29, 0.717) is 35.9 Å². The maximum absolute atomic E-state index is 13.1. The Morgan fingerprint density at radius 1 is 0.941 bits per heavy atom. The van der Waals surface area contributed by atoms with Gasteiger partial charge in [0.05, 0.1) is 23.4 Å². The Labute approximate surface area is 201 Å². The number of nitrogens with zero attached hydrogens (tertiary/aromatic N) is 1. The van der Waals surface area contributed by atoms with Crippen LogP contribution in [-0.4, -0.2) is 40.7 Å². The molecule has 0 aliphatic carbocycles. The Kier molecular flexibility index (Phi) is 7.29. The van der Waals surface area contributed by atoms with Crippen molar-refractivity contribution in [2.45, 2.75) is 37.4 Å². The number of hydrogen-bond acceptors (Lipinski definition) is 6. The summed E-state index contributed by atoms with van der Waals surface area (Å²) < 4.78 is 40.4. The highest BCUT2D eigenvalue weighted by atomic mass is 32.2. The third kappa shape index (κ3) is 5.63. The van der Waals surface area contributed by atoms with Crippen LogP contribution in [0.5, 0.6) is 11.5 Å². The van der Waals surface area contributed by atoms with Gasteiger partial charge in [0.15, 0.2) is 5.75 Å². The maximum Gasteiger partial charge on any atom is 0.262 e. The molecule has 2 N–H and O–H groups in total. The van der Waals surface area contributed by atoms with E-state index in [0.717, 1.165) is 24.3 Å². The highest BCUT2D eigenvalue weighted by Gasteiger charge is 2.25. The average molecular weight is 482 g/mol. The summed E-state index contributed by atoms with van der Waals surface area (Å²) in [5.74, 6) is 1.11. The van der Waals surface area contributed by atoms with Crippen molar-refractivity contribution in [3.05, 3.63) is 78.4 Å². The molecule has 2 unspecified atom stereocenters. The largest absolute Gasteiger partial charge is 0.492 e. The van der Waals surface area contributed by atoms with Crippen LogP contribution in [0, 0.1) is 0 Å². The fraction of sp³-hybridized carbons (Fsp3) is 0.308. The van der Waals surface area contributed by atoms with E-state index in [1.54, 1.807) is 37.4 Å². The standard InChI is InChI=1S/C26H31N3O4S/c1-19-16-29(17-20(2)27-19)25-11-7-10-24(26(25)32-3)28-34(30,31)23-14-12-22(13-15-23)33-18-21-8-5-4-6-9-21/h4-15,19-20,27-28H,16-18H2,1-3H3. The van der Waals surface area contributed by atoms with Crippen molar-refractivity contribution < 1.29 is 17.9 Å². The Morgan fingerprint density at radius 2 is 1.62 bits per heavy atom. The zero-order valence-electron chi connectivity index (χ0n) is 19.7. The Morgan fingerprint density at radius 3 is 2.26 bits per heavy atom. The van der Waals surface area contributed by atoms with Crippen molar-refractivity contribution in [3.8, 4) is 11.5 Å². The minimum absolute atomic E-state index is 0.149. The number of ether oxygens (including phenoxy) is 2. The summed E-state index contributed by atoms with van der Waals surface area (Å²) >= 11 is 0. The topological polar surface area (TPSA) is 79.9 Å². The van der Waals surface area contributed by atoms with Crippen LogP contribution in [0.4, 0.5) is 11.4 Å². The molecule has 0 bridgehead atoms. The summed E-state index contributed by atoms with van der Waals surface area (Å²) in [6.45, 7) is 6.30. The Hall–Kier alpha value is -3.23. The molecule has 1 fully saturated rings. The predicted octanol–water partition coefficient (Wildman–Crippen LogP) is 4.26. The van der Waals surface area contributed by atoms with Gasteiger partial charge < -0.3 is 19.7 Å². The molecule has 0 saturated carbocycles. The summed E-state index contributed by atoms with van der Waals surface area (Å²) in [5.41, 5.74) is 2.32. The van der Waals surface area contributed by atoms with Gasteiger partial charge in [-0.05, 0) is 55.8 Å². The molecule has 1 heterocycles. The second-order valence-electron chi connectivity index (χ2n) is 8.58. The summed E-state index contributed by atoms with van der Waals surface area (Å²) in [7, 11) is -2.26. The van der Waals surface area contributed by atoms with E-state index < -0.39 is 10.0 Å². The van der Waals surface area contributed by atoms with Crippen molar-refractivity contribution in [2.75, 3.05) is 29.8 Å². The third-order valence-corrected chi connectivity index (χ3v) is 7.10. The lowest BCUT2D eigenvalue weighted by atomic mass is 10.1. The smallest absolute Gasteiger partial charge is 0.262 e. The molecular formula is C26H31N3O4S. The van der Waals surface area contributed by atoms with E-state index in [1.807, 2.05) is 42.5 Å². The number of para-hydroxylation sites is 1. The Bertz CT molecular complexity index is 1190. The second kappa shape index (κ2) is 10.4. The van der Waals surface area contributed by atoms with Gasteiger partial charge in [0.2, 0.25) is 0 Å². The number of methoxy groups -OCH3 is 1. The fourth-order valence-electron chi connectivity index (χ4n) is 4.25. The van der Waals surface area contributed by atoms with Crippen LogP contribution >= 0.6 is 0 Å². The molecule has 3 aromatic carbocycles. The van der Waals surface area contributed by atoms with E-state index >= 15 is 0 Å². The summed E-state index contributed by atoms with van der Waals surface area (Å²) in [5, 5.41) is 3.51. The van der Waals surface area contributed by atoms with Gasteiger partial charge in [0, 0.05) is 25.2 Å². The van der Waals surface area contributed by atoms with Gasteiger partial charge in [-0.25, -0.2) is 8.42 Å². The van der Waals surface area contributed by atoms with Crippen molar-refractivity contribution >= 4 is 21.4 Å². The molecule has 1 saturated heterocycles. The van der Waals surface area contributed by atoms with E-state index in [9.17, 15) is 8.42 Å². The van der Waals surface area contributed by atoms with Crippen LogP contribution in [0.25, 0.3) is 0 Å². The monoisotopic (exact) mass is 481 g/mol. The molecule has 180 valence electrons. The molecule has 0 spiro atoms. The van der Waals surface area contributed by atoms with Crippen LogP contribution in [0.1, 0.15) is 19.4 Å². The normalized spacial score (nSPS) is 18.4. The van der Waals surface area contributed by atoms with Gasteiger partial charge >= 0.3 is 0 Å². The molecular weight excluding hydrogens is 450 g/mol. The number of anilines is 2. The van der Waals surface area contributed by atoms with Gasteiger partial charge in [-0.3, -0.25) is 4.72 Å². The summed E-state index contributed by atoms with van der Waals surface area (Å²) in [6, 6.07) is 22.4. The van der Waals surface area contributed by atoms with Crippen molar-refractivity contribution in [3.63, 3.8) is 0 Å². The van der Waals surface area contributed by atoms with Gasteiger partial charge in [-0.15, -0.1) is 0 Å². The highest BCUT2D eigenvalue weighted by molar-refractivity contribution is 7.92. The average Bonchev–Trinajstić information content (AvgIpc) is 2.82. The maximum atomic E-state index is 13.1. The summed E-state index contributed by atoms with van der Waals surface area (Å²) in [6.07, 6.45) is 0. The van der Waals surface area contributed by atoms with Crippen LogP contribution in [0.3, 0.4) is 0 Å². The first-order valence-electron chi connectivity index (χ1n) is 11.3. The van der Waals surface area contributed by atoms with Gasteiger partial charge in [-0.1, -0.05) is 36.4 Å². The first-order valence-corrected chi connectivity index (χ1v) is 12.8. The Balaban J connectivity index is 1.50. The lowest BCUT2D eigenvalue weighted by Crippen LogP contribution is -2.54. The van der Waals surface area contributed by atoms with E-state index in [2.05, 4.69) is 28.8 Å². The molecule has 0 radical (unpaired) electrons. The zero-order chi connectivity index (χ0) is 24.1. The van der Waals surface area contributed by atoms with Crippen LogP contribution in [0.2, 0.25) is 0 Å². The first kappa shape index (κ1) is 23.9. The van der Waals surface area contributed by atoms with E-state index in [1.165, 1.54) is 0 Å². The summed E-state index contributed by atoms with van der Waals surface area (Å²) in [4.78, 5) is 2.37. The lowest BCUT2D eigenvalue weighted by molar-refractivity contribution is 0.306. The van der Waals surface area contributed by atoms with Gasteiger partial charge in [-0.2, -0.15) is 0 Å². The number of piperazine rings is 1. The quantitative estimate of drug-likeness (QED) is 0.501. The van der Waals surface area contributed by atoms with Crippen LogP contribution in [0.15, 0.2) is 77.7 Å².